The molecule has 0 radical (unpaired) electrons. The van der Waals surface area contributed by atoms with Crippen LogP contribution >= 0.6 is 0 Å². The minimum atomic E-state index is -1.40. The SMILES string of the molecule is COc1cc(C[C@@H]2O[C@H](CO)[C@@H](O)[C@H](O)[C@H]2O)cc(OC)c1OC. The molecular formula is C16H24O8. The Morgan fingerprint density at radius 3 is 1.88 bits per heavy atom. The molecular weight excluding hydrogens is 320 g/mol. The topological polar surface area (TPSA) is 118 Å². The number of rotatable bonds is 6. The zero-order valence-electron chi connectivity index (χ0n) is 13.9. The second kappa shape index (κ2) is 8.00. The first-order valence-electron chi connectivity index (χ1n) is 7.56. The van der Waals surface area contributed by atoms with Crippen LogP contribution in [0.5, 0.6) is 17.2 Å². The third-order valence-corrected chi connectivity index (χ3v) is 4.15. The third-order valence-electron chi connectivity index (χ3n) is 4.15. The molecule has 0 aliphatic carbocycles. The van der Waals surface area contributed by atoms with Crippen molar-refractivity contribution >= 4 is 0 Å². The molecule has 1 aliphatic rings. The molecule has 0 spiro atoms. The third kappa shape index (κ3) is 3.57. The summed E-state index contributed by atoms with van der Waals surface area (Å²) in [6.07, 6.45) is -5.58. The van der Waals surface area contributed by atoms with Gasteiger partial charge in [-0.25, -0.2) is 0 Å². The molecule has 0 amide bonds. The van der Waals surface area contributed by atoms with Gasteiger partial charge in [0.15, 0.2) is 11.5 Å². The van der Waals surface area contributed by atoms with Crippen LogP contribution in [-0.2, 0) is 11.2 Å². The smallest absolute Gasteiger partial charge is 0.203 e. The van der Waals surface area contributed by atoms with Gasteiger partial charge < -0.3 is 39.4 Å². The van der Waals surface area contributed by atoms with Crippen molar-refractivity contribution < 1.29 is 39.4 Å². The molecule has 1 aromatic carbocycles. The molecule has 0 unspecified atom stereocenters. The van der Waals surface area contributed by atoms with Gasteiger partial charge in [0, 0.05) is 6.42 Å². The van der Waals surface area contributed by atoms with Crippen LogP contribution in [0.25, 0.3) is 0 Å². The number of hydrogen-bond acceptors (Lipinski definition) is 8. The quantitative estimate of drug-likeness (QED) is 0.524. The van der Waals surface area contributed by atoms with Gasteiger partial charge in [0.25, 0.3) is 0 Å². The van der Waals surface area contributed by atoms with Gasteiger partial charge in [0.2, 0.25) is 5.75 Å². The highest BCUT2D eigenvalue weighted by Gasteiger charge is 2.43. The van der Waals surface area contributed by atoms with Crippen molar-refractivity contribution in [3.63, 3.8) is 0 Å². The lowest BCUT2D eigenvalue weighted by molar-refractivity contribution is -0.228. The van der Waals surface area contributed by atoms with E-state index in [1.54, 1.807) is 12.1 Å². The van der Waals surface area contributed by atoms with E-state index in [0.29, 0.717) is 22.8 Å². The van der Waals surface area contributed by atoms with Crippen LogP contribution in [0.1, 0.15) is 5.56 Å². The Balaban J connectivity index is 2.26. The van der Waals surface area contributed by atoms with Crippen molar-refractivity contribution in [2.24, 2.45) is 0 Å². The van der Waals surface area contributed by atoms with E-state index in [0.717, 1.165) is 0 Å². The fourth-order valence-corrected chi connectivity index (χ4v) is 2.83. The second-order valence-electron chi connectivity index (χ2n) is 5.61. The Labute approximate surface area is 140 Å². The molecule has 1 aromatic rings. The van der Waals surface area contributed by atoms with Crippen LogP contribution in [0, 0.1) is 0 Å². The van der Waals surface area contributed by atoms with Crippen LogP contribution in [-0.4, -0.2) is 78.9 Å². The number of ether oxygens (including phenoxy) is 4. The van der Waals surface area contributed by atoms with Gasteiger partial charge in [-0.15, -0.1) is 0 Å². The Morgan fingerprint density at radius 1 is 0.875 bits per heavy atom. The van der Waals surface area contributed by atoms with E-state index in [1.165, 1.54) is 21.3 Å². The molecule has 0 bridgehead atoms. The average Bonchev–Trinajstić information content (AvgIpc) is 2.61. The van der Waals surface area contributed by atoms with E-state index >= 15 is 0 Å². The first kappa shape index (κ1) is 18.8. The van der Waals surface area contributed by atoms with Crippen LogP contribution in [0.2, 0.25) is 0 Å². The summed E-state index contributed by atoms with van der Waals surface area (Å²) < 4.78 is 21.3. The largest absolute Gasteiger partial charge is 0.493 e. The standard InChI is InChI=1S/C16H24O8/c1-21-10-5-8(6-11(22-2)16(10)23-3)4-9-13(18)15(20)14(19)12(7-17)24-9/h5-6,9,12-15,17-20H,4,7H2,1-3H3/t9-,12+,13-,14+,15+/m0/s1. The fraction of sp³-hybridized carbons (Fsp3) is 0.625. The Hall–Kier alpha value is -1.58. The molecule has 1 fully saturated rings. The summed E-state index contributed by atoms with van der Waals surface area (Å²) in [4.78, 5) is 0. The predicted octanol–water partition coefficient (Wildman–Crippen LogP) is -0.903. The van der Waals surface area contributed by atoms with Crippen molar-refractivity contribution in [1.82, 2.24) is 0 Å². The molecule has 136 valence electrons. The normalized spacial score (nSPS) is 30.0. The zero-order chi connectivity index (χ0) is 17.9. The van der Waals surface area contributed by atoms with Crippen LogP contribution < -0.4 is 14.2 Å². The molecule has 1 aliphatic heterocycles. The lowest BCUT2D eigenvalue weighted by atomic mass is 9.91. The Morgan fingerprint density at radius 2 is 1.42 bits per heavy atom. The van der Waals surface area contributed by atoms with Crippen molar-refractivity contribution in [2.45, 2.75) is 36.9 Å². The molecule has 0 saturated carbocycles. The first-order chi connectivity index (χ1) is 11.5. The van der Waals surface area contributed by atoms with E-state index in [1.807, 2.05) is 0 Å². The summed E-state index contributed by atoms with van der Waals surface area (Å²) in [5.74, 6) is 1.35. The van der Waals surface area contributed by atoms with E-state index in [4.69, 9.17) is 18.9 Å². The molecule has 0 aromatic heterocycles. The molecule has 8 nitrogen and oxygen atoms in total. The molecule has 24 heavy (non-hydrogen) atoms. The summed E-state index contributed by atoms with van der Waals surface area (Å²) in [6.45, 7) is -0.462. The van der Waals surface area contributed by atoms with Gasteiger partial charge in [-0.3, -0.25) is 0 Å². The Bertz CT molecular complexity index is 522. The second-order valence-corrected chi connectivity index (χ2v) is 5.61. The summed E-state index contributed by atoms with van der Waals surface area (Å²) in [7, 11) is 4.49. The van der Waals surface area contributed by atoms with E-state index in [-0.39, 0.29) is 6.42 Å². The van der Waals surface area contributed by atoms with Gasteiger partial charge >= 0.3 is 0 Å². The average molecular weight is 344 g/mol. The van der Waals surface area contributed by atoms with Crippen molar-refractivity contribution in [1.29, 1.82) is 0 Å². The minimum Gasteiger partial charge on any atom is -0.493 e. The maximum atomic E-state index is 10.1. The maximum Gasteiger partial charge on any atom is 0.203 e. The molecule has 8 heteroatoms. The minimum absolute atomic E-state index is 0.220. The summed E-state index contributed by atoms with van der Waals surface area (Å²) in [6, 6.07) is 3.42. The maximum absolute atomic E-state index is 10.1. The number of aliphatic hydroxyl groups excluding tert-OH is 4. The summed E-state index contributed by atoms with van der Waals surface area (Å²) >= 11 is 0. The highest BCUT2D eigenvalue weighted by atomic mass is 16.5. The molecule has 2 rings (SSSR count). The number of hydrogen-bond donors (Lipinski definition) is 4. The molecule has 5 atom stereocenters. The highest BCUT2D eigenvalue weighted by Crippen LogP contribution is 2.39. The molecule has 4 N–H and O–H groups in total. The lowest BCUT2D eigenvalue weighted by Gasteiger charge is -2.40. The van der Waals surface area contributed by atoms with Gasteiger partial charge in [0.1, 0.15) is 24.4 Å². The van der Waals surface area contributed by atoms with E-state index < -0.39 is 37.1 Å². The monoisotopic (exact) mass is 344 g/mol. The van der Waals surface area contributed by atoms with Crippen LogP contribution in [0.3, 0.4) is 0 Å². The number of aliphatic hydroxyl groups is 4. The van der Waals surface area contributed by atoms with Crippen LogP contribution in [0.15, 0.2) is 12.1 Å². The zero-order valence-corrected chi connectivity index (χ0v) is 13.9. The summed E-state index contributed by atoms with van der Waals surface area (Å²) in [5.41, 5.74) is 0.717. The molecule has 1 heterocycles. The predicted molar refractivity (Wildman–Crippen MR) is 83.6 cm³/mol. The first-order valence-corrected chi connectivity index (χ1v) is 7.56. The Kier molecular flexibility index (Phi) is 6.25. The van der Waals surface area contributed by atoms with Gasteiger partial charge in [-0.2, -0.15) is 0 Å². The van der Waals surface area contributed by atoms with Gasteiger partial charge in [0.05, 0.1) is 34.0 Å². The van der Waals surface area contributed by atoms with Crippen LogP contribution in [0.4, 0.5) is 0 Å². The van der Waals surface area contributed by atoms with E-state index in [9.17, 15) is 20.4 Å². The number of methoxy groups -OCH3 is 3. The van der Waals surface area contributed by atoms with E-state index in [2.05, 4.69) is 0 Å². The van der Waals surface area contributed by atoms with Crippen molar-refractivity contribution in [3.8, 4) is 17.2 Å². The summed E-state index contributed by atoms with van der Waals surface area (Å²) in [5, 5.41) is 39.1. The van der Waals surface area contributed by atoms with Crippen molar-refractivity contribution in [3.05, 3.63) is 17.7 Å². The molecule has 1 saturated heterocycles. The fourth-order valence-electron chi connectivity index (χ4n) is 2.83. The number of benzene rings is 1. The van der Waals surface area contributed by atoms with Gasteiger partial charge in [-0.05, 0) is 17.7 Å². The lowest BCUT2D eigenvalue weighted by Crippen LogP contribution is -2.59. The van der Waals surface area contributed by atoms with Crippen molar-refractivity contribution in [2.75, 3.05) is 27.9 Å². The van der Waals surface area contributed by atoms with Gasteiger partial charge in [-0.1, -0.05) is 0 Å². The highest BCUT2D eigenvalue weighted by molar-refractivity contribution is 5.54.